The summed E-state index contributed by atoms with van der Waals surface area (Å²) in [5, 5.41) is 13.7. The number of carbonyl (C=O) groups excluding carboxylic acids is 2. The summed E-state index contributed by atoms with van der Waals surface area (Å²) in [4.78, 5) is 24.7. The minimum absolute atomic E-state index is 0.443. The van der Waals surface area contributed by atoms with Crippen molar-refractivity contribution in [3.05, 3.63) is 71.8 Å². The second-order valence-electron chi connectivity index (χ2n) is 5.57. The molecule has 0 fully saturated rings. The van der Waals surface area contributed by atoms with E-state index in [1.165, 1.54) is 13.2 Å². The van der Waals surface area contributed by atoms with Crippen LogP contribution < -0.4 is 5.32 Å². The van der Waals surface area contributed by atoms with Crippen LogP contribution in [0.4, 0.5) is 5.69 Å². The molecule has 1 aliphatic rings. The zero-order valence-corrected chi connectivity index (χ0v) is 13.1. The van der Waals surface area contributed by atoms with Crippen molar-refractivity contribution in [2.24, 2.45) is 0 Å². The molecule has 0 aromatic heterocycles. The molecule has 1 amide bonds. The predicted molar refractivity (Wildman–Crippen MR) is 90.3 cm³/mol. The fourth-order valence-corrected chi connectivity index (χ4v) is 2.88. The number of benzene rings is 2. The first-order valence-electron chi connectivity index (χ1n) is 7.51. The summed E-state index contributed by atoms with van der Waals surface area (Å²) in [5.74, 6) is -2.39. The number of ether oxygens (including phenoxy) is 1. The van der Waals surface area contributed by atoms with Crippen molar-refractivity contribution < 1.29 is 19.4 Å². The average molecular weight is 323 g/mol. The van der Waals surface area contributed by atoms with Crippen molar-refractivity contribution in [3.63, 3.8) is 0 Å². The smallest absolute Gasteiger partial charge is 0.343 e. The zero-order valence-electron chi connectivity index (χ0n) is 13.1. The number of para-hydroxylation sites is 1. The van der Waals surface area contributed by atoms with Crippen molar-refractivity contribution in [3.8, 4) is 0 Å². The van der Waals surface area contributed by atoms with Crippen LogP contribution >= 0.6 is 0 Å². The summed E-state index contributed by atoms with van der Waals surface area (Å²) < 4.78 is 4.76. The largest absolute Gasteiger partial charge is 0.467 e. The highest BCUT2D eigenvalue weighted by atomic mass is 16.5. The van der Waals surface area contributed by atoms with E-state index in [9.17, 15) is 14.7 Å². The van der Waals surface area contributed by atoms with Gasteiger partial charge in [-0.3, -0.25) is 4.79 Å². The van der Waals surface area contributed by atoms with Gasteiger partial charge in [0.1, 0.15) is 5.92 Å². The van der Waals surface area contributed by atoms with Gasteiger partial charge in [-0.05, 0) is 23.3 Å². The molecular weight excluding hydrogens is 306 g/mol. The van der Waals surface area contributed by atoms with Crippen molar-refractivity contribution in [1.29, 1.82) is 0 Å². The molecule has 0 spiro atoms. The third-order valence-corrected chi connectivity index (χ3v) is 4.07. The van der Waals surface area contributed by atoms with E-state index in [1.54, 1.807) is 30.3 Å². The van der Waals surface area contributed by atoms with Crippen molar-refractivity contribution >= 4 is 23.6 Å². The van der Waals surface area contributed by atoms with Gasteiger partial charge in [0.2, 0.25) is 5.91 Å². The maximum absolute atomic E-state index is 12.4. The lowest BCUT2D eigenvalue weighted by Gasteiger charge is -2.27. The summed E-state index contributed by atoms with van der Waals surface area (Å²) in [7, 11) is 1.18. The molecule has 2 atom stereocenters. The molecule has 2 N–H and O–H groups in total. The molecule has 2 unspecified atom stereocenters. The van der Waals surface area contributed by atoms with Crippen molar-refractivity contribution in [1.82, 2.24) is 0 Å². The first-order chi connectivity index (χ1) is 11.6. The Morgan fingerprint density at radius 2 is 1.83 bits per heavy atom. The first kappa shape index (κ1) is 16.0. The van der Waals surface area contributed by atoms with Gasteiger partial charge in [-0.25, -0.2) is 4.79 Å². The van der Waals surface area contributed by atoms with E-state index in [-0.39, 0.29) is 0 Å². The number of hydrogen-bond acceptors (Lipinski definition) is 4. The van der Waals surface area contributed by atoms with E-state index in [4.69, 9.17) is 4.74 Å². The highest BCUT2D eigenvalue weighted by Crippen LogP contribution is 2.40. The lowest BCUT2D eigenvalue weighted by Crippen LogP contribution is -2.46. The van der Waals surface area contributed by atoms with Crippen LogP contribution in [0.25, 0.3) is 6.08 Å². The van der Waals surface area contributed by atoms with Gasteiger partial charge in [-0.15, -0.1) is 0 Å². The van der Waals surface area contributed by atoms with E-state index in [0.29, 0.717) is 11.3 Å². The lowest BCUT2D eigenvalue weighted by atomic mass is 9.82. The molecule has 24 heavy (non-hydrogen) atoms. The topological polar surface area (TPSA) is 75.6 Å². The molecule has 3 rings (SSSR count). The van der Waals surface area contributed by atoms with Gasteiger partial charge >= 0.3 is 5.97 Å². The minimum Gasteiger partial charge on any atom is -0.467 e. The minimum atomic E-state index is -2.10. The van der Waals surface area contributed by atoms with E-state index in [1.807, 2.05) is 30.3 Å². The molecular formula is C19H17NO4. The number of anilines is 1. The predicted octanol–water partition coefficient (Wildman–Crippen LogP) is 2.34. The molecule has 5 nitrogen and oxygen atoms in total. The van der Waals surface area contributed by atoms with Gasteiger partial charge in [0, 0.05) is 5.69 Å². The Morgan fingerprint density at radius 3 is 2.54 bits per heavy atom. The Balaban J connectivity index is 2.05. The molecule has 2 aromatic carbocycles. The quantitative estimate of drug-likeness (QED) is 0.847. The molecule has 0 aliphatic carbocycles. The standard InChI is InChI=1S/C19H17NO4/c1-24-18(22)19(23,12-11-13-7-3-2-4-8-13)16-14-9-5-6-10-15(14)20-17(16)21/h2-12,16,23H,1H3,(H,20,21)/b12-11+. The number of carbonyl (C=O) groups is 2. The van der Waals surface area contributed by atoms with Gasteiger partial charge < -0.3 is 15.2 Å². The number of rotatable bonds is 4. The molecule has 5 heteroatoms. The van der Waals surface area contributed by atoms with E-state index in [2.05, 4.69) is 5.32 Å². The number of aliphatic hydroxyl groups is 1. The summed E-state index contributed by atoms with van der Waals surface area (Å²) in [6, 6.07) is 16.2. The fraction of sp³-hybridized carbons (Fsp3) is 0.158. The molecule has 0 bridgehead atoms. The Bertz CT molecular complexity index is 800. The van der Waals surface area contributed by atoms with Crippen LogP contribution in [0.5, 0.6) is 0 Å². The summed E-state index contributed by atoms with van der Waals surface area (Å²) >= 11 is 0. The second-order valence-corrected chi connectivity index (χ2v) is 5.57. The van der Waals surface area contributed by atoms with Crippen LogP contribution in [-0.4, -0.2) is 29.7 Å². The van der Waals surface area contributed by atoms with E-state index >= 15 is 0 Å². The Kier molecular flexibility index (Phi) is 4.18. The van der Waals surface area contributed by atoms with Crippen LogP contribution in [-0.2, 0) is 14.3 Å². The SMILES string of the molecule is COC(=O)C(O)(/C=C/c1ccccc1)C1C(=O)Nc2ccccc21. The molecule has 0 radical (unpaired) electrons. The number of nitrogens with one attached hydrogen (secondary N) is 1. The third kappa shape index (κ3) is 2.70. The van der Waals surface area contributed by atoms with Crippen molar-refractivity contribution in [2.75, 3.05) is 12.4 Å². The molecule has 1 aliphatic heterocycles. The second kappa shape index (κ2) is 6.29. The number of fused-ring (bicyclic) bond motifs is 1. The van der Waals surface area contributed by atoms with Gasteiger partial charge in [-0.2, -0.15) is 0 Å². The van der Waals surface area contributed by atoms with Gasteiger partial charge in [-0.1, -0.05) is 54.6 Å². The van der Waals surface area contributed by atoms with E-state index < -0.39 is 23.4 Å². The number of hydrogen-bond donors (Lipinski definition) is 2. The Morgan fingerprint density at radius 1 is 1.17 bits per heavy atom. The van der Waals surface area contributed by atoms with Crippen LogP contribution in [0.2, 0.25) is 0 Å². The Hall–Kier alpha value is -2.92. The fourth-order valence-electron chi connectivity index (χ4n) is 2.88. The maximum Gasteiger partial charge on any atom is 0.343 e. The summed E-state index contributed by atoms with van der Waals surface area (Å²) in [5.41, 5.74) is -0.149. The molecule has 0 saturated heterocycles. The molecule has 0 saturated carbocycles. The van der Waals surface area contributed by atoms with Crippen LogP contribution in [0.1, 0.15) is 17.0 Å². The monoisotopic (exact) mass is 323 g/mol. The first-order valence-corrected chi connectivity index (χ1v) is 7.51. The highest BCUT2D eigenvalue weighted by molar-refractivity contribution is 6.07. The molecule has 122 valence electrons. The summed E-state index contributed by atoms with van der Waals surface area (Å²) in [6.45, 7) is 0. The third-order valence-electron chi connectivity index (χ3n) is 4.07. The number of methoxy groups -OCH3 is 1. The average Bonchev–Trinajstić information content (AvgIpc) is 2.96. The van der Waals surface area contributed by atoms with Crippen LogP contribution in [0.3, 0.4) is 0 Å². The van der Waals surface area contributed by atoms with Gasteiger partial charge in [0.15, 0.2) is 5.60 Å². The van der Waals surface area contributed by atoms with Gasteiger partial charge in [0.25, 0.3) is 0 Å². The van der Waals surface area contributed by atoms with Gasteiger partial charge in [0.05, 0.1) is 7.11 Å². The normalized spacial score (nSPS) is 18.8. The maximum atomic E-state index is 12.4. The highest BCUT2D eigenvalue weighted by Gasteiger charge is 2.51. The lowest BCUT2D eigenvalue weighted by molar-refractivity contribution is -0.160. The van der Waals surface area contributed by atoms with Crippen LogP contribution in [0.15, 0.2) is 60.7 Å². The summed E-state index contributed by atoms with van der Waals surface area (Å²) in [6.07, 6.45) is 2.92. The van der Waals surface area contributed by atoms with E-state index in [0.717, 1.165) is 5.56 Å². The molecule has 1 heterocycles. The molecule has 2 aromatic rings. The van der Waals surface area contributed by atoms with Crippen molar-refractivity contribution in [2.45, 2.75) is 11.5 Å². The zero-order chi connectivity index (χ0) is 17.2. The number of amides is 1. The number of esters is 1. The Labute approximate surface area is 139 Å². The van der Waals surface area contributed by atoms with Crippen LogP contribution in [0, 0.1) is 0 Å².